The van der Waals surface area contributed by atoms with Crippen molar-refractivity contribution < 1.29 is 19.1 Å². The van der Waals surface area contributed by atoms with E-state index >= 15 is 0 Å². The van der Waals surface area contributed by atoms with Crippen LogP contribution in [-0.2, 0) is 16.0 Å². The maximum Gasteiger partial charge on any atom is 0.232 e. The Morgan fingerprint density at radius 2 is 1.83 bits per heavy atom. The van der Waals surface area contributed by atoms with Gasteiger partial charge in [0.05, 0.1) is 26.4 Å². The van der Waals surface area contributed by atoms with Gasteiger partial charge in [-0.1, -0.05) is 17.8 Å². The van der Waals surface area contributed by atoms with Crippen LogP contribution < -0.4 is 14.8 Å². The predicted octanol–water partition coefficient (Wildman–Crippen LogP) is 2.39. The summed E-state index contributed by atoms with van der Waals surface area (Å²) in [4.78, 5) is 26.2. The van der Waals surface area contributed by atoms with Crippen LogP contribution in [0.3, 0.4) is 0 Å². The Morgan fingerprint density at radius 3 is 2.48 bits per heavy atom. The number of aromatic nitrogens is 2. The highest BCUT2D eigenvalue weighted by molar-refractivity contribution is 7.99. The Hall–Kier alpha value is -2.81. The normalized spacial score (nSPS) is 13.2. The Balaban J connectivity index is 1.50. The molecule has 1 fully saturated rings. The van der Waals surface area contributed by atoms with E-state index in [2.05, 4.69) is 15.5 Å². The first-order valence-corrected chi connectivity index (χ1v) is 10.3. The van der Waals surface area contributed by atoms with Crippen LogP contribution in [0.1, 0.15) is 18.4 Å². The second kappa shape index (κ2) is 10.1. The van der Waals surface area contributed by atoms with E-state index in [1.807, 2.05) is 11.0 Å². The highest BCUT2D eigenvalue weighted by Crippen LogP contribution is 2.27. The van der Waals surface area contributed by atoms with Crippen molar-refractivity contribution in [1.29, 1.82) is 0 Å². The Kier molecular flexibility index (Phi) is 7.29. The lowest BCUT2D eigenvalue weighted by atomic mass is 10.1. The molecule has 154 valence electrons. The molecule has 0 spiro atoms. The summed E-state index contributed by atoms with van der Waals surface area (Å²) in [5.41, 5.74) is 0.792. The van der Waals surface area contributed by atoms with E-state index in [0.29, 0.717) is 28.1 Å². The lowest BCUT2D eigenvalue weighted by Gasteiger charge is -2.14. The summed E-state index contributed by atoms with van der Waals surface area (Å²) in [6, 6.07) is 8.77. The number of thioether (sulfide) groups is 1. The topological polar surface area (TPSA) is 93.7 Å². The maximum atomic E-state index is 12.3. The second-order valence-electron chi connectivity index (χ2n) is 6.55. The van der Waals surface area contributed by atoms with E-state index in [-0.39, 0.29) is 18.2 Å². The number of rotatable bonds is 8. The van der Waals surface area contributed by atoms with Gasteiger partial charge in [0, 0.05) is 13.1 Å². The fourth-order valence-electron chi connectivity index (χ4n) is 3.02. The van der Waals surface area contributed by atoms with E-state index < -0.39 is 0 Å². The molecule has 0 unspecified atom stereocenters. The van der Waals surface area contributed by atoms with Crippen LogP contribution in [0, 0.1) is 0 Å². The van der Waals surface area contributed by atoms with E-state index in [4.69, 9.17) is 9.47 Å². The molecule has 29 heavy (non-hydrogen) atoms. The summed E-state index contributed by atoms with van der Waals surface area (Å²) < 4.78 is 10.5. The number of methoxy groups -OCH3 is 2. The first kappa shape index (κ1) is 20.9. The predicted molar refractivity (Wildman–Crippen MR) is 110 cm³/mol. The number of likely N-dealkylation sites (tertiary alicyclic amines) is 1. The molecule has 1 N–H and O–H groups in total. The molecule has 2 heterocycles. The zero-order chi connectivity index (χ0) is 20.6. The Morgan fingerprint density at radius 1 is 1.07 bits per heavy atom. The molecular weight excluding hydrogens is 392 g/mol. The smallest absolute Gasteiger partial charge is 0.232 e. The van der Waals surface area contributed by atoms with Gasteiger partial charge < -0.3 is 19.7 Å². The average molecular weight is 417 g/mol. The van der Waals surface area contributed by atoms with Gasteiger partial charge in [-0.05, 0) is 42.7 Å². The minimum atomic E-state index is -0.212. The zero-order valence-corrected chi connectivity index (χ0v) is 17.3. The number of nitrogens with zero attached hydrogens (tertiary/aromatic N) is 3. The van der Waals surface area contributed by atoms with Gasteiger partial charge in [-0.2, -0.15) is 0 Å². The SMILES string of the molecule is COc1ccc(CC(=O)Nc2ccc(SCC(=O)N3CCCC3)nn2)cc1OC. The maximum absolute atomic E-state index is 12.3. The highest BCUT2D eigenvalue weighted by atomic mass is 32.2. The third-order valence-corrected chi connectivity index (χ3v) is 5.43. The molecule has 0 saturated carbocycles. The Labute approximate surface area is 174 Å². The number of carbonyl (C=O) groups is 2. The largest absolute Gasteiger partial charge is 0.493 e. The summed E-state index contributed by atoms with van der Waals surface area (Å²) in [6.07, 6.45) is 2.32. The van der Waals surface area contributed by atoms with Crippen LogP contribution in [0.25, 0.3) is 0 Å². The highest BCUT2D eigenvalue weighted by Gasteiger charge is 2.18. The van der Waals surface area contributed by atoms with Gasteiger partial charge in [0.1, 0.15) is 5.03 Å². The number of hydrogen-bond donors (Lipinski definition) is 1. The number of carbonyl (C=O) groups excluding carboxylic acids is 2. The van der Waals surface area contributed by atoms with Crippen LogP contribution >= 0.6 is 11.8 Å². The molecule has 1 saturated heterocycles. The zero-order valence-electron chi connectivity index (χ0n) is 16.5. The van der Waals surface area contributed by atoms with E-state index in [1.54, 1.807) is 38.5 Å². The van der Waals surface area contributed by atoms with Crippen molar-refractivity contribution >= 4 is 29.4 Å². The molecule has 0 aliphatic carbocycles. The molecule has 1 aliphatic rings. The molecule has 2 amide bonds. The van der Waals surface area contributed by atoms with Crippen LogP contribution in [0.2, 0.25) is 0 Å². The van der Waals surface area contributed by atoms with Crippen molar-refractivity contribution in [2.45, 2.75) is 24.3 Å². The third-order valence-electron chi connectivity index (χ3n) is 4.52. The second-order valence-corrected chi connectivity index (χ2v) is 7.54. The molecule has 0 bridgehead atoms. The fraction of sp³-hybridized carbons (Fsp3) is 0.400. The first-order chi connectivity index (χ1) is 14.1. The van der Waals surface area contributed by atoms with Crippen LogP contribution in [-0.4, -0.2) is 60.0 Å². The van der Waals surface area contributed by atoms with Gasteiger partial charge >= 0.3 is 0 Å². The minimum absolute atomic E-state index is 0.126. The van der Waals surface area contributed by atoms with Crippen LogP contribution in [0.5, 0.6) is 11.5 Å². The van der Waals surface area contributed by atoms with Gasteiger partial charge in [-0.25, -0.2) is 0 Å². The molecule has 3 rings (SSSR count). The molecule has 1 aromatic heterocycles. The van der Waals surface area contributed by atoms with Gasteiger partial charge in [-0.15, -0.1) is 10.2 Å². The third kappa shape index (κ3) is 5.83. The molecule has 1 aromatic carbocycles. The number of anilines is 1. The van der Waals surface area contributed by atoms with Gasteiger partial charge in [0.25, 0.3) is 0 Å². The average Bonchev–Trinajstić information content (AvgIpc) is 3.28. The van der Waals surface area contributed by atoms with E-state index in [0.717, 1.165) is 31.5 Å². The summed E-state index contributed by atoms with van der Waals surface area (Å²) >= 11 is 1.35. The first-order valence-electron chi connectivity index (χ1n) is 9.34. The number of benzene rings is 1. The minimum Gasteiger partial charge on any atom is -0.493 e. The lowest BCUT2D eigenvalue weighted by molar-refractivity contribution is -0.127. The standard InChI is InChI=1S/C20H24N4O4S/c1-27-15-6-5-14(11-16(15)28-2)12-18(25)21-17-7-8-19(23-22-17)29-13-20(26)24-9-3-4-10-24/h5-8,11H,3-4,9-10,12-13H2,1-2H3,(H,21,22,25). The van der Waals surface area contributed by atoms with Gasteiger partial charge in [0.2, 0.25) is 11.8 Å². The van der Waals surface area contributed by atoms with E-state index in [1.165, 1.54) is 11.8 Å². The summed E-state index contributed by atoms with van der Waals surface area (Å²) in [6.45, 7) is 1.69. The molecule has 8 nitrogen and oxygen atoms in total. The van der Waals surface area contributed by atoms with Crippen molar-refractivity contribution in [3.63, 3.8) is 0 Å². The van der Waals surface area contributed by atoms with Crippen molar-refractivity contribution in [1.82, 2.24) is 15.1 Å². The van der Waals surface area contributed by atoms with Gasteiger partial charge in [-0.3, -0.25) is 9.59 Å². The monoisotopic (exact) mass is 416 g/mol. The van der Waals surface area contributed by atoms with Gasteiger partial charge in [0.15, 0.2) is 17.3 Å². The number of amides is 2. The number of nitrogens with one attached hydrogen (secondary N) is 1. The molecule has 2 aromatic rings. The lowest BCUT2D eigenvalue weighted by Crippen LogP contribution is -2.29. The van der Waals surface area contributed by atoms with Crippen molar-refractivity contribution in [2.75, 3.05) is 38.4 Å². The molecule has 1 aliphatic heterocycles. The number of ether oxygens (including phenoxy) is 2. The molecular formula is C20H24N4O4S. The summed E-state index contributed by atoms with van der Waals surface area (Å²) in [5.74, 6) is 1.81. The molecule has 0 atom stereocenters. The molecule has 9 heteroatoms. The fourth-order valence-corrected chi connectivity index (χ4v) is 3.74. The summed E-state index contributed by atoms with van der Waals surface area (Å²) in [5, 5.41) is 11.5. The Bertz CT molecular complexity index is 854. The molecule has 0 radical (unpaired) electrons. The van der Waals surface area contributed by atoms with Crippen molar-refractivity contribution in [3.8, 4) is 11.5 Å². The van der Waals surface area contributed by atoms with Crippen molar-refractivity contribution in [3.05, 3.63) is 35.9 Å². The van der Waals surface area contributed by atoms with Crippen molar-refractivity contribution in [2.24, 2.45) is 0 Å². The summed E-state index contributed by atoms with van der Waals surface area (Å²) in [7, 11) is 3.11. The number of hydrogen-bond acceptors (Lipinski definition) is 7. The van der Waals surface area contributed by atoms with Crippen LogP contribution in [0.4, 0.5) is 5.82 Å². The quantitative estimate of drug-likeness (QED) is 0.661. The van der Waals surface area contributed by atoms with Crippen LogP contribution in [0.15, 0.2) is 35.4 Å². The van der Waals surface area contributed by atoms with E-state index in [9.17, 15) is 9.59 Å².